The largest absolute Gasteiger partial charge is 0.395 e. The van der Waals surface area contributed by atoms with Gasteiger partial charge in [-0.3, -0.25) is 9.67 Å². The number of nitrogens with zero attached hydrogens (tertiary/aromatic N) is 4. The van der Waals surface area contributed by atoms with Crippen molar-refractivity contribution in [3.8, 4) is 0 Å². The van der Waals surface area contributed by atoms with E-state index in [1.807, 2.05) is 7.05 Å². The molecule has 0 saturated carbocycles. The molecule has 0 aliphatic heterocycles. The monoisotopic (exact) mass is 249 g/mol. The zero-order chi connectivity index (χ0) is 12.4. The summed E-state index contributed by atoms with van der Waals surface area (Å²) in [7, 11) is 1.89. The fourth-order valence-electron chi connectivity index (χ4n) is 1.53. The van der Waals surface area contributed by atoms with Gasteiger partial charge in [-0.05, 0) is 17.7 Å². The summed E-state index contributed by atoms with van der Waals surface area (Å²) >= 11 is 1.48. The van der Waals surface area contributed by atoms with Crippen LogP contribution in [0.5, 0.6) is 0 Å². The van der Waals surface area contributed by atoms with Crippen molar-refractivity contribution in [1.29, 1.82) is 0 Å². The van der Waals surface area contributed by atoms with Crippen LogP contribution in [-0.2, 0) is 7.05 Å². The molecule has 0 bridgehead atoms. The highest BCUT2D eigenvalue weighted by atomic mass is 32.2. The summed E-state index contributed by atoms with van der Waals surface area (Å²) in [5.74, 6) is 0.317. The molecule has 0 unspecified atom stereocenters. The van der Waals surface area contributed by atoms with Crippen LogP contribution in [0.2, 0.25) is 0 Å². The fourth-order valence-corrected chi connectivity index (χ4v) is 2.34. The summed E-state index contributed by atoms with van der Waals surface area (Å²) in [5.41, 5.74) is 7.76. The molecule has 2 aromatic rings. The Balaban J connectivity index is 2.34. The third-order valence-corrected chi connectivity index (χ3v) is 3.44. The smallest absolute Gasteiger partial charge is 0.123 e. The number of aromatic nitrogens is 4. The summed E-state index contributed by atoms with van der Waals surface area (Å²) in [5, 5.41) is 6.16. The van der Waals surface area contributed by atoms with Gasteiger partial charge in [0.05, 0.1) is 17.6 Å². The van der Waals surface area contributed by atoms with E-state index in [2.05, 4.69) is 28.9 Å². The van der Waals surface area contributed by atoms with Crippen LogP contribution in [0.4, 0.5) is 5.69 Å². The standard InChI is InChI=1S/C11H15N5S/c1-7(2)10-9(12)11(16(3)15-10)17-8-6-13-4-5-14-8/h4-7H,12H2,1-3H3. The predicted octanol–water partition coefficient (Wildman–Crippen LogP) is 2.07. The molecule has 0 aliphatic carbocycles. The molecule has 0 radical (unpaired) electrons. The first-order valence-corrected chi connectivity index (χ1v) is 6.17. The lowest BCUT2D eigenvalue weighted by molar-refractivity contribution is 0.670. The normalized spacial score (nSPS) is 11.1. The van der Waals surface area contributed by atoms with E-state index < -0.39 is 0 Å². The number of hydrogen-bond acceptors (Lipinski definition) is 5. The lowest BCUT2D eigenvalue weighted by atomic mass is 10.1. The molecule has 5 nitrogen and oxygen atoms in total. The lowest BCUT2D eigenvalue weighted by Crippen LogP contribution is -1.94. The Kier molecular flexibility index (Phi) is 3.33. The van der Waals surface area contributed by atoms with Crippen molar-refractivity contribution >= 4 is 17.4 Å². The molecule has 0 spiro atoms. The molecular weight excluding hydrogens is 234 g/mol. The first-order chi connectivity index (χ1) is 8.09. The first kappa shape index (κ1) is 11.9. The van der Waals surface area contributed by atoms with E-state index in [1.54, 1.807) is 23.3 Å². The van der Waals surface area contributed by atoms with Crippen LogP contribution in [0, 0.1) is 0 Å². The van der Waals surface area contributed by atoms with Crippen molar-refractivity contribution < 1.29 is 0 Å². The summed E-state index contributed by atoms with van der Waals surface area (Å²) in [6, 6.07) is 0. The molecule has 2 heterocycles. The van der Waals surface area contributed by atoms with E-state index in [-0.39, 0.29) is 0 Å². The Labute approximate surface area is 104 Å². The number of anilines is 1. The van der Waals surface area contributed by atoms with Crippen molar-refractivity contribution in [2.75, 3.05) is 5.73 Å². The van der Waals surface area contributed by atoms with Gasteiger partial charge in [0, 0.05) is 19.4 Å². The van der Waals surface area contributed by atoms with Crippen molar-refractivity contribution in [3.05, 3.63) is 24.3 Å². The quantitative estimate of drug-likeness (QED) is 0.901. The minimum Gasteiger partial charge on any atom is -0.395 e. The van der Waals surface area contributed by atoms with Gasteiger partial charge in [0.15, 0.2) is 0 Å². The second-order valence-electron chi connectivity index (χ2n) is 4.03. The van der Waals surface area contributed by atoms with Gasteiger partial charge in [0.1, 0.15) is 10.1 Å². The van der Waals surface area contributed by atoms with Gasteiger partial charge in [-0.15, -0.1) is 0 Å². The maximum atomic E-state index is 6.10. The SMILES string of the molecule is CC(C)c1nn(C)c(Sc2cnccn2)c1N. The van der Waals surface area contributed by atoms with Crippen molar-refractivity contribution in [2.24, 2.45) is 7.05 Å². The van der Waals surface area contributed by atoms with Crippen LogP contribution in [-0.4, -0.2) is 19.7 Å². The average molecular weight is 249 g/mol. The first-order valence-electron chi connectivity index (χ1n) is 5.35. The van der Waals surface area contributed by atoms with E-state index in [0.717, 1.165) is 21.4 Å². The van der Waals surface area contributed by atoms with Gasteiger partial charge < -0.3 is 5.73 Å². The zero-order valence-electron chi connectivity index (χ0n) is 10.1. The minimum atomic E-state index is 0.317. The van der Waals surface area contributed by atoms with Crippen LogP contribution in [0.15, 0.2) is 28.6 Å². The van der Waals surface area contributed by atoms with Crippen LogP contribution in [0.3, 0.4) is 0 Å². The predicted molar refractivity (Wildman–Crippen MR) is 67.9 cm³/mol. The molecular formula is C11H15N5S. The molecule has 17 heavy (non-hydrogen) atoms. The van der Waals surface area contributed by atoms with Gasteiger partial charge >= 0.3 is 0 Å². The molecule has 0 saturated heterocycles. The van der Waals surface area contributed by atoms with E-state index in [4.69, 9.17) is 5.73 Å². The van der Waals surface area contributed by atoms with Crippen molar-refractivity contribution in [1.82, 2.24) is 19.7 Å². The molecule has 0 amide bonds. The van der Waals surface area contributed by atoms with E-state index >= 15 is 0 Å². The fraction of sp³-hybridized carbons (Fsp3) is 0.364. The molecule has 0 aromatic carbocycles. The van der Waals surface area contributed by atoms with E-state index in [9.17, 15) is 0 Å². The molecule has 0 fully saturated rings. The number of nitrogen functional groups attached to an aromatic ring is 1. The van der Waals surface area contributed by atoms with Gasteiger partial charge in [0.25, 0.3) is 0 Å². The molecule has 0 aliphatic rings. The van der Waals surface area contributed by atoms with Gasteiger partial charge in [-0.25, -0.2) is 4.98 Å². The molecule has 2 aromatic heterocycles. The van der Waals surface area contributed by atoms with Crippen LogP contribution < -0.4 is 5.73 Å². The second-order valence-corrected chi connectivity index (χ2v) is 5.04. The Morgan fingerprint density at radius 2 is 2.12 bits per heavy atom. The number of hydrogen-bond donors (Lipinski definition) is 1. The van der Waals surface area contributed by atoms with E-state index in [0.29, 0.717) is 5.92 Å². The molecule has 2 rings (SSSR count). The Morgan fingerprint density at radius 1 is 1.35 bits per heavy atom. The minimum absolute atomic E-state index is 0.317. The lowest BCUT2D eigenvalue weighted by Gasteiger charge is -2.02. The number of aryl methyl sites for hydroxylation is 1. The number of nitrogens with two attached hydrogens (primary N) is 1. The van der Waals surface area contributed by atoms with Gasteiger partial charge in [-0.2, -0.15) is 5.10 Å². The highest BCUT2D eigenvalue weighted by molar-refractivity contribution is 7.99. The van der Waals surface area contributed by atoms with E-state index in [1.165, 1.54) is 11.8 Å². The summed E-state index contributed by atoms with van der Waals surface area (Å²) in [6.07, 6.45) is 5.03. The summed E-state index contributed by atoms with van der Waals surface area (Å²) < 4.78 is 1.80. The second kappa shape index (κ2) is 4.75. The maximum absolute atomic E-state index is 6.10. The van der Waals surface area contributed by atoms with Crippen molar-refractivity contribution in [3.63, 3.8) is 0 Å². The Morgan fingerprint density at radius 3 is 2.65 bits per heavy atom. The van der Waals surface area contributed by atoms with Crippen LogP contribution >= 0.6 is 11.8 Å². The zero-order valence-corrected chi connectivity index (χ0v) is 10.9. The molecule has 2 N–H and O–H groups in total. The Hall–Kier alpha value is -1.56. The third kappa shape index (κ3) is 2.41. The maximum Gasteiger partial charge on any atom is 0.123 e. The third-order valence-electron chi connectivity index (χ3n) is 2.35. The molecule has 90 valence electrons. The van der Waals surface area contributed by atoms with Crippen LogP contribution in [0.25, 0.3) is 0 Å². The van der Waals surface area contributed by atoms with Crippen molar-refractivity contribution in [2.45, 2.75) is 29.8 Å². The number of rotatable bonds is 3. The van der Waals surface area contributed by atoms with Gasteiger partial charge in [0.2, 0.25) is 0 Å². The highest BCUT2D eigenvalue weighted by Crippen LogP contribution is 2.34. The van der Waals surface area contributed by atoms with Gasteiger partial charge in [-0.1, -0.05) is 13.8 Å². The Bertz CT molecular complexity index is 506. The average Bonchev–Trinajstić information content (AvgIpc) is 2.58. The highest BCUT2D eigenvalue weighted by Gasteiger charge is 2.17. The summed E-state index contributed by atoms with van der Waals surface area (Å²) in [6.45, 7) is 4.16. The molecule has 6 heteroatoms. The van der Waals surface area contributed by atoms with Crippen LogP contribution in [0.1, 0.15) is 25.5 Å². The summed E-state index contributed by atoms with van der Waals surface area (Å²) in [4.78, 5) is 8.24. The molecule has 0 atom stereocenters. The topological polar surface area (TPSA) is 69.6 Å².